The van der Waals surface area contributed by atoms with Gasteiger partial charge in [0.15, 0.2) is 0 Å². The predicted octanol–water partition coefficient (Wildman–Crippen LogP) is 2.03. The third kappa shape index (κ3) is 2.94. The lowest BCUT2D eigenvalue weighted by molar-refractivity contribution is 0.435. The second kappa shape index (κ2) is 5.53. The number of aromatic nitrogens is 5. The minimum atomic E-state index is -0.398. The van der Waals surface area contributed by atoms with Crippen molar-refractivity contribution in [1.82, 2.24) is 24.5 Å². The van der Waals surface area contributed by atoms with Gasteiger partial charge in [-0.15, -0.1) is 0 Å². The Bertz CT molecular complexity index is 746. The van der Waals surface area contributed by atoms with Crippen molar-refractivity contribution in [2.24, 2.45) is 0 Å². The van der Waals surface area contributed by atoms with Crippen LogP contribution in [0.25, 0.3) is 5.95 Å². The van der Waals surface area contributed by atoms with E-state index in [1.807, 2.05) is 0 Å². The van der Waals surface area contributed by atoms with Gasteiger partial charge in [0, 0.05) is 25.5 Å². The molecule has 2 aromatic heterocycles. The minimum absolute atomic E-state index is 0.0589. The molecule has 3 aromatic rings. The molecule has 1 N–H and O–H groups in total. The topological polar surface area (TPSA) is 77.8 Å². The molecule has 0 atom stereocenters. The summed E-state index contributed by atoms with van der Waals surface area (Å²) in [5.74, 6) is 0.586. The summed E-state index contributed by atoms with van der Waals surface area (Å²) in [6.07, 6.45) is 4.86. The van der Waals surface area contributed by atoms with Gasteiger partial charge in [0.05, 0.1) is 0 Å². The molecule has 0 aliphatic rings. The highest BCUT2D eigenvalue weighted by Gasteiger charge is 2.09. The highest BCUT2D eigenvalue weighted by Crippen LogP contribution is 2.20. The van der Waals surface area contributed by atoms with Crippen molar-refractivity contribution in [1.29, 1.82) is 0 Å². The third-order valence-corrected chi connectivity index (χ3v) is 2.57. The van der Waals surface area contributed by atoms with Crippen LogP contribution in [0.15, 0.2) is 43.0 Å². The van der Waals surface area contributed by atoms with E-state index in [-0.39, 0.29) is 6.01 Å². The molecule has 8 heteroatoms. The van der Waals surface area contributed by atoms with Crippen LogP contribution in [0.3, 0.4) is 0 Å². The van der Waals surface area contributed by atoms with Crippen LogP contribution in [0.2, 0.25) is 0 Å². The number of halogens is 1. The number of rotatable bonds is 4. The number of hydrogen-bond donors (Lipinski definition) is 1. The molecule has 106 valence electrons. The van der Waals surface area contributed by atoms with E-state index in [2.05, 4.69) is 25.3 Å². The number of nitrogens with one attached hydrogen (secondary N) is 1. The van der Waals surface area contributed by atoms with E-state index in [1.54, 1.807) is 42.5 Å². The molecule has 0 radical (unpaired) electrons. The summed E-state index contributed by atoms with van der Waals surface area (Å²) in [6, 6.07) is 5.80. The number of hydrogen-bond acceptors (Lipinski definition) is 6. The molecule has 0 bridgehead atoms. The maximum atomic E-state index is 13.2. The van der Waals surface area contributed by atoms with Crippen molar-refractivity contribution in [2.75, 3.05) is 12.4 Å². The Morgan fingerprint density at radius 3 is 2.86 bits per heavy atom. The van der Waals surface area contributed by atoms with Crippen LogP contribution < -0.4 is 10.1 Å². The summed E-state index contributed by atoms with van der Waals surface area (Å²) in [7, 11) is 1.68. The molecular weight excluding hydrogens is 275 g/mol. The number of nitrogens with zero attached hydrogens (tertiary/aromatic N) is 5. The number of imidazole rings is 1. The molecule has 0 saturated heterocycles. The molecule has 1 aromatic carbocycles. The van der Waals surface area contributed by atoms with Crippen LogP contribution >= 0.6 is 0 Å². The predicted molar refractivity (Wildman–Crippen MR) is 73.0 cm³/mol. The van der Waals surface area contributed by atoms with Crippen LogP contribution in [0.5, 0.6) is 11.8 Å². The van der Waals surface area contributed by atoms with Crippen molar-refractivity contribution in [3.8, 4) is 17.7 Å². The smallest absolute Gasteiger partial charge is 0.328 e. The zero-order valence-electron chi connectivity index (χ0n) is 11.1. The third-order valence-electron chi connectivity index (χ3n) is 2.57. The Morgan fingerprint density at radius 1 is 1.24 bits per heavy atom. The SMILES string of the molecule is CNc1nc(Oc2cccc(F)c2)nc(-n2ccnc2)n1. The monoisotopic (exact) mass is 286 g/mol. The molecule has 0 fully saturated rings. The molecule has 0 amide bonds. The van der Waals surface area contributed by atoms with Gasteiger partial charge in [-0.1, -0.05) is 6.07 Å². The standard InChI is InChI=1S/C13H11FN6O/c1-15-11-17-12(20-6-5-16-8-20)19-13(18-11)21-10-4-2-3-9(14)7-10/h2-8H,1H3,(H,15,17,18,19). The van der Waals surface area contributed by atoms with Gasteiger partial charge in [0.1, 0.15) is 17.9 Å². The summed E-state index contributed by atoms with van der Waals surface area (Å²) >= 11 is 0. The molecule has 7 nitrogen and oxygen atoms in total. The highest BCUT2D eigenvalue weighted by molar-refractivity contribution is 5.32. The second-order valence-electron chi connectivity index (χ2n) is 4.02. The number of benzene rings is 1. The van der Waals surface area contributed by atoms with Crippen LogP contribution in [0, 0.1) is 5.82 Å². The highest BCUT2D eigenvalue weighted by atomic mass is 19.1. The van der Waals surface area contributed by atoms with E-state index in [0.717, 1.165) is 0 Å². The van der Waals surface area contributed by atoms with Gasteiger partial charge in [-0.25, -0.2) is 9.37 Å². The quantitative estimate of drug-likeness (QED) is 0.790. The van der Waals surface area contributed by atoms with Crippen molar-refractivity contribution in [2.45, 2.75) is 0 Å². The molecule has 0 saturated carbocycles. The van der Waals surface area contributed by atoms with Gasteiger partial charge in [0.2, 0.25) is 11.9 Å². The fourth-order valence-corrected chi connectivity index (χ4v) is 1.63. The molecule has 0 aliphatic heterocycles. The van der Waals surface area contributed by atoms with Gasteiger partial charge in [-0.2, -0.15) is 15.0 Å². The van der Waals surface area contributed by atoms with E-state index in [4.69, 9.17) is 4.74 Å². The molecule has 0 unspecified atom stereocenters. The van der Waals surface area contributed by atoms with Crippen LogP contribution in [-0.4, -0.2) is 31.6 Å². The van der Waals surface area contributed by atoms with Gasteiger partial charge in [0.25, 0.3) is 0 Å². The van der Waals surface area contributed by atoms with Crippen molar-refractivity contribution >= 4 is 5.95 Å². The van der Waals surface area contributed by atoms with Gasteiger partial charge < -0.3 is 10.1 Å². The fourth-order valence-electron chi connectivity index (χ4n) is 1.63. The summed E-state index contributed by atoms with van der Waals surface area (Å²) < 4.78 is 20.2. The van der Waals surface area contributed by atoms with E-state index in [0.29, 0.717) is 17.6 Å². The molecule has 2 heterocycles. The largest absolute Gasteiger partial charge is 0.424 e. The maximum absolute atomic E-state index is 13.2. The number of anilines is 1. The Hall–Kier alpha value is -3.03. The first-order valence-electron chi connectivity index (χ1n) is 6.10. The summed E-state index contributed by atoms with van der Waals surface area (Å²) in [5, 5.41) is 2.82. The fraction of sp³-hybridized carbons (Fsp3) is 0.0769. The lowest BCUT2D eigenvalue weighted by Gasteiger charge is -2.08. The average molecular weight is 286 g/mol. The lowest BCUT2D eigenvalue weighted by atomic mass is 10.3. The normalized spacial score (nSPS) is 10.4. The van der Waals surface area contributed by atoms with E-state index in [9.17, 15) is 4.39 Å². The maximum Gasteiger partial charge on any atom is 0.328 e. The zero-order chi connectivity index (χ0) is 14.7. The van der Waals surface area contributed by atoms with Crippen LogP contribution in [0.1, 0.15) is 0 Å². The van der Waals surface area contributed by atoms with Gasteiger partial charge in [-0.3, -0.25) is 4.57 Å². The average Bonchev–Trinajstić information content (AvgIpc) is 3.01. The zero-order valence-corrected chi connectivity index (χ0v) is 11.1. The Labute approximate surface area is 119 Å². The molecule has 21 heavy (non-hydrogen) atoms. The van der Waals surface area contributed by atoms with Crippen molar-refractivity contribution < 1.29 is 9.13 Å². The Morgan fingerprint density at radius 2 is 2.14 bits per heavy atom. The summed E-state index contributed by atoms with van der Waals surface area (Å²) in [6.45, 7) is 0. The molecular formula is C13H11FN6O. The second-order valence-corrected chi connectivity index (χ2v) is 4.02. The van der Waals surface area contributed by atoms with Crippen molar-refractivity contribution in [3.05, 3.63) is 48.8 Å². The Kier molecular flexibility index (Phi) is 3.42. The summed E-state index contributed by atoms with van der Waals surface area (Å²) in [4.78, 5) is 16.4. The Balaban J connectivity index is 1.96. The molecule has 0 aliphatic carbocycles. The first-order valence-corrected chi connectivity index (χ1v) is 6.10. The van der Waals surface area contributed by atoms with E-state index < -0.39 is 5.82 Å². The molecule has 3 rings (SSSR count). The van der Waals surface area contributed by atoms with Crippen molar-refractivity contribution in [3.63, 3.8) is 0 Å². The van der Waals surface area contributed by atoms with Gasteiger partial charge in [-0.05, 0) is 12.1 Å². The van der Waals surface area contributed by atoms with E-state index in [1.165, 1.54) is 12.1 Å². The first-order chi connectivity index (χ1) is 10.2. The van der Waals surface area contributed by atoms with Crippen LogP contribution in [-0.2, 0) is 0 Å². The lowest BCUT2D eigenvalue weighted by Crippen LogP contribution is -2.06. The minimum Gasteiger partial charge on any atom is -0.424 e. The number of ether oxygens (including phenoxy) is 1. The molecule has 0 spiro atoms. The summed E-state index contributed by atoms with van der Waals surface area (Å²) in [5.41, 5.74) is 0. The van der Waals surface area contributed by atoms with E-state index >= 15 is 0 Å². The van der Waals surface area contributed by atoms with Gasteiger partial charge >= 0.3 is 6.01 Å². The van der Waals surface area contributed by atoms with Crippen LogP contribution in [0.4, 0.5) is 10.3 Å². The first kappa shape index (κ1) is 13.0.